The highest BCUT2D eigenvalue weighted by Crippen LogP contribution is 2.42. The first-order chi connectivity index (χ1) is 13.8. The summed E-state index contributed by atoms with van der Waals surface area (Å²) in [6.45, 7) is 10.9. The van der Waals surface area contributed by atoms with E-state index in [0.29, 0.717) is 12.0 Å². The lowest BCUT2D eigenvalue weighted by molar-refractivity contribution is 0.253. The molecule has 1 unspecified atom stereocenters. The molecule has 1 atom stereocenters. The van der Waals surface area contributed by atoms with Gasteiger partial charge in [0.1, 0.15) is 5.82 Å². The average molecular weight is 401 g/mol. The van der Waals surface area contributed by atoms with E-state index in [1.54, 1.807) is 0 Å². The summed E-state index contributed by atoms with van der Waals surface area (Å²) in [6.07, 6.45) is 6.15. The lowest BCUT2D eigenvalue weighted by atomic mass is 9.73. The fourth-order valence-electron chi connectivity index (χ4n) is 4.67. The zero-order chi connectivity index (χ0) is 21.2. The molecular weight excluding hydrogens is 363 g/mol. The summed E-state index contributed by atoms with van der Waals surface area (Å²) in [7, 11) is 0. The molecule has 1 fully saturated rings. The maximum absolute atomic E-state index is 13.7. The summed E-state index contributed by atoms with van der Waals surface area (Å²) in [5, 5.41) is 18.1. The Morgan fingerprint density at radius 3 is 2.24 bits per heavy atom. The van der Waals surface area contributed by atoms with E-state index >= 15 is 0 Å². The molecule has 2 aliphatic rings. The third kappa shape index (κ3) is 4.37. The van der Waals surface area contributed by atoms with Gasteiger partial charge in [0.25, 0.3) is 0 Å². The molecule has 1 aliphatic heterocycles. The van der Waals surface area contributed by atoms with Crippen LogP contribution in [0.1, 0.15) is 72.3 Å². The molecule has 0 amide bonds. The Morgan fingerprint density at radius 1 is 1.10 bits per heavy atom. The molecule has 1 aliphatic carbocycles. The van der Waals surface area contributed by atoms with Crippen LogP contribution in [-0.4, -0.2) is 23.3 Å². The predicted octanol–water partition coefficient (Wildman–Crippen LogP) is 5.38. The zero-order valence-corrected chi connectivity index (χ0v) is 18.6. The van der Waals surface area contributed by atoms with Crippen LogP contribution < -0.4 is 10.6 Å². The van der Waals surface area contributed by atoms with Gasteiger partial charge < -0.3 is 15.7 Å². The van der Waals surface area contributed by atoms with Crippen LogP contribution >= 0.6 is 0 Å². The lowest BCUT2D eigenvalue weighted by Gasteiger charge is -2.46. The van der Waals surface area contributed by atoms with Crippen LogP contribution in [-0.2, 0) is 0 Å². The Morgan fingerprint density at radius 2 is 1.72 bits per heavy atom. The molecule has 1 aromatic carbocycles. The molecule has 0 radical (unpaired) electrons. The number of aliphatic hydroxyl groups excluding tert-OH is 1. The number of rotatable bonds is 6. The van der Waals surface area contributed by atoms with Crippen LogP contribution in [0.25, 0.3) is 5.57 Å². The number of benzene rings is 1. The summed E-state index contributed by atoms with van der Waals surface area (Å²) >= 11 is 0. The van der Waals surface area contributed by atoms with Gasteiger partial charge in [0.15, 0.2) is 0 Å². The first-order valence-electron chi connectivity index (χ1n) is 11.2. The molecule has 29 heavy (non-hydrogen) atoms. The summed E-state index contributed by atoms with van der Waals surface area (Å²) < 4.78 is 13.7. The van der Waals surface area contributed by atoms with Crippen LogP contribution in [0.2, 0.25) is 0 Å². The molecule has 0 saturated heterocycles. The van der Waals surface area contributed by atoms with Crippen molar-refractivity contribution in [2.75, 3.05) is 6.61 Å². The molecule has 3 nitrogen and oxygen atoms in total. The largest absolute Gasteiger partial charge is 0.392 e. The SMILES string of the molecule is CC(C)C1=C(NC2CCCCC2)C(c2ccc(F)cc2)=C(CO)C(C)(C(C)C)N1. The van der Waals surface area contributed by atoms with Gasteiger partial charge >= 0.3 is 0 Å². The second-order valence-electron chi connectivity index (χ2n) is 9.42. The molecule has 4 heteroatoms. The number of hydrogen-bond donors (Lipinski definition) is 3. The molecule has 1 aromatic rings. The maximum atomic E-state index is 13.7. The van der Waals surface area contributed by atoms with Crippen LogP contribution in [0.5, 0.6) is 0 Å². The molecule has 160 valence electrons. The van der Waals surface area contributed by atoms with E-state index in [1.807, 2.05) is 12.1 Å². The second kappa shape index (κ2) is 8.91. The van der Waals surface area contributed by atoms with Crippen molar-refractivity contribution in [1.29, 1.82) is 0 Å². The van der Waals surface area contributed by atoms with E-state index in [-0.39, 0.29) is 23.9 Å². The monoisotopic (exact) mass is 400 g/mol. The van der Waals surface area contributed by atoms with Crippen molar-refractivity contribution >= 4 is 5.57 Å². The van der Waals surface area contributed by atoms with Gasteiger partial charge in [-0.05, 0) is 54.9 Å². The lowest BCUT2D eigenvalue weighted by Crippen LogP contribution is -2.54. The third-order valence-electron chi connectivity index (χ3n) is 6.82. The van der Waals surface area contributed by atoms with Crippen molar-refractivity contribution in [2.24, 2.45) is 11.8 Å². The van der Waals surface area contributed by atoms with E-state index in [9.17, 15) is 9.50 Å². The van der Waals surface area contributed by atoms with Crippen LogP contribution in [0.3, 0.4) is 0 Å². The van der Waals surface area contributed by atoms with Gasteiger partial charge in [-0.3, -0.25) is 0 Å². The molecule has 3 rings (SSSR count). The highest BCUT2D eigenvalue weighted by molar-refractivity contribution is 5.84. The number of allylic oxidation sites excluding steroid dienone is 2. The second-order valence-corrected chi connectivity index (χ2v) is 9.42. The number of dihydropyridines is 1. The first kappa shape index (κ1) is 21.9. The number of aliphatic hydroxyl groups is 1. The topological polar surface area (TPSA) is 44.3 Å². The van der Waals surface area contributed by atoms with Crippen LogP contribution in [0.15, 0.2) is 41.2 Å². The summed E-state index contributed by atoms with van der Waals surface area (Å²) in [4.78, 5) is 0. The van der Waals surface area contributed by atoms with E-state index in [2.05, 4.69) is 45.3 Å². The van der Waals surface area contributed by atoms with Crippen molar-refractivity contribution in [3.05, 3.63) is 52.6 Å². The van der Waals surface area contributed by atoms with Crippen molar-refractivity contribution in [3.63, 3.8) is 0 Å². The van der Waals surface area contributed by atoms with Crippen molar-refractivity contribution < 1.29 is 9.50 Å². The van der Waals surface area contributed by atoms with E-state index in [1.165, 1.54) is 49.9 Å². The van der Waals surface area contributed by atoms with Gasteiger partial charge in [0.05, 0.1) is 17.8 Å². The van der Waals surface area contributed by atoms with Gasteiger partial charge in [-0.15, -0.1) is 0 Å². The average Bonchev–Trinajstić information content (AvgIpc) is 2.70. The zero-order valence-electron chi connectivity index (χ0n) is 18.6. The molecule has 1 heterocycles. The third-order valence-corrected chi connectivity index (χ3v) is 6.82. The fraction of sp³-hybridized carbons (Fsp3) is 0.600. The van der Waals surface area contributed by atoms with Crippen molar-refractivity contribution in [3.8, 4) is 0 Å². The van der Waals surface area contributed by atoms with E-state index < -0.39 is 0 Å². The van der Waals surface area contributed by atoms with Crippen LogP contribution in [0.4, 0.5) is 4.39 Å². The molecule has 3 N–H and O–H groups in total. The Kier molecular flexibility index (Phi) is 6.72. The predicted molar refractivity (Wildman–Crippen MR) is 119 cm³/mol. The Hall–Kier alpha value is -1.81. The van der Waals surface area contributed by atoms with Gasteiger partial charge in [0.2, 0.25) is 0 Å². The minimum Gasteiger partial charge on any atom is -0.392 e. The molecule has 0 bridgehead atoms. The minimum absolute atomic E-state index is 0.0321. The highest BCUT2D eigenvalue weighted by atomic mass is 19.1. The van der Waals surface area contributed by atoms with Gasteiger partial charge in [0, 0.05) is 17.3 Å². The number of halogens is 1. The van der Waals surface area contributed by atoms with E-state index in [0.717, 1.165) is 22.4 Å². The van der Waals surface area contributed by atoms with Gasteiger partial charge in [-0.2, -0.15) is 0 Å². The first-order valence-corrected chi connectivity index (χ1v) is 11.2. The normalized spacial score (nSPS) is 23.8. The van der Waals surface area contributed by atoms with Crippen molar-refractivity contribution in [2.45, 2.75) is 78.3 Å². The molecule has 1 saturated carbocycles. The number of hydrogen-bond acceptors (Lipinski definition) is 3. The molecule has 0 aromatic heterocycles. The fourth-order valence-corrected chi connectivity index (χ4v) is 4.67. The summed E-state index contributed by atoms with van der Waals surface area (Å²) in [5.74, 6) is 0.343. The Labute approximate surface area is 175 Å². The summed E-state index contributed by atoms with van der Waals surface area (Å²) in [6, 6.07) is 7.14. The van der Waals surface area contributed by atoms with Crippen molar-refractivity contribution in [1.82, 2.24) is 10.6 Å². The van der Waals surface area contributed by atoms with Gasteiger partial charge in [-0.1, -0.05) is 59.1 Å². The van der Waals surface area contributed by atoms with E-state index in [4.69, 9.17) is 0 Å². The Balaban J connectivity index is 2.20. The Bertz CT molecular complexity index is 773. The van der Waals surface area contributed by atoms with Crippen LogP contribution in [0, 0.1) is 17.7 Å². The molecular formula is C25H37FN2O. The minimum atomic E-state index is -0.365. The summed E-state index contributed by atoms with van der Waals surface area (Å²) in [5.41, 5.74) is 4.87. The smallest absolute Gasteiger partial charge is 0.123 e. The highest BCUT2D eigenvalue weighted by Gasteiger charge is 2.41. The quantitative estimate of drug-likeness (QED) is 0.601. The number of nitrogens with one attached hydrogen (secondary N) is 2. The van der Waals surface area contributed by atoms with Gasteiger partial charge in [-0.25, -0.2) is 4.39 Å². The maximum Gasteiger partial charge on any atom is 0.123 e. The molecule has 0 spiro atoms. The standard InChI is InChI=1S/C25H37FN2O/c1-16(2)23-24(27-20-9-7-6-8-10-20)22(18-11-13-19(26)14-12-18)21(15-29)25(5,28-23)17(3)4/h11-14,16-17,20,27-29H,6-10,15H2,1-5H3.